The molecule has 1 N–H and O–H groups in total. The highest BCUT2D eigenvalue weighted by atomic mass is 15.1. The molecule has 2 nitrogen and oxygen atoms in total. The van der Waals surface area contributed by atoms with E-state index < -0.39 is 0 Å². The second-order valence-corrected chi connectivity index (χ2v) is 5.98. The molecule has 0 amide bonds. The number of hydrogen-bond acceptors (Lipinski definition) is 2. The standard InChI is InChI=1S/C19H34N2/c1-4-7-13-21(14-8-5-2)17-19-11-9-10-18(15-19)16-20-12-6-3/h9-11,15,20H,4-8,12-14,16-17H2,1-3H3. The Kier molecular flexibility index (Phi) is 10.2. The van der Waals surface area contributed by atoms with E-state index in [9.17, 15) is 0 Å². The van der Waals surface area contributed by atoms with E-state index in [1.54, 1.807) is 0 Å². The van der Waals surface area contributed by atoms with Gasteiger partial charge in [0.15, 0.2) is 0 Å². The topological polar surface area (TPSA) is 15.3 Å². The third-order valence-corrected chi connectivity index (χ3v) is 3.81. The van der Waals surface area contributed by atoms with Crippen LogP contribution in [0.25, 0.3) is 0 Å². The summed E-state index contributed by atoms with van der Waals surface area (Å²) >= 11 is 0. The molecule has 0 aliphatic carbocycles. The largest absolute Gasteiger partial charge is 0.313 e. The minimum atomic E-state index is 0.992. The minimum Gasteiger partial charge on any atom is -0.313 e. The fraction of sp³-hybridized carbons (Fsp3) is 0.684. The summed E-state index contributed by atoms with van der Waals surface area (Å²) < 4.78 is 0. The first-order valence-corrected chi connectivity index (χ1v) is 8.81. The Hall–Kier alpha value is -0.860. The fourth-order valence-electron chi connectivity index (χ4n) is 2.54. The van der Waals surface area contributed by atoms with Crippen molar-refractivity contribution in [3.8, 4) is 0 Å². The average molecular weight is 290 g/mol. The van der Waals surface area contributed by atoms with E-state index in [1.165, 1.54) is 56.3 Å². The first-order valence-electron chi connectivity index (χ1n) is 8.81. The van der Waals surface area contributed by atoms with Crippen LogP contribution in [0, 0.1) is 0 Å². The lowest BCUT2D eigenvalue weighted by atomic mass is 10.1. The van der Waals surface area contributed by atoms with E-state index in [0.29, 0.717) is 0 Å². The Morgan fingerprint density at radius 3 is 2.19 bits per heavy atom. The predicted octanol–water partition coefficient (Wildman–Crippen LogP) is 4.59. The molecule has 21 heavy (non-hydrogen) atoms. The number of benzene rings is 1. The van der Waals surface area contributed by atoms with Gasteiger partial charge in [-0.05, 0) is 50.0 Å². The molecule has 0 saturated carbocycles. The molecule has 0 aliphatic rings. The fourth-order valence-corrected chi connectivity index (χ4v) is 2.54. The van der Waals surface area contributed by atoms with Crippen molar-refractivity contribution in [3.63, 3.8) is 0 Å². The van der Waals surface area contributed by atoms with Gasteiger partial charge >= 0.3 is 0 Å². The molecular formula is C19H34N2. The predicted molar refractivity (Wildman–Crippen MR) is 93.5 cm³/mol. The molecule has 1 rings (SSSR count). The van der Waals surface area contributed by atoms with Crippen molar-refractivity contribution < 1.29 is 0 Å². The summed E-state index contributed by atoms with van der Waals surface area (Å²) in [4.78, 5) is 2.62. The van der Waals surface area contributed by atoms with Crippen LogP contribution in [0.4, 0.5) is 0 Å². The molecule has 0 spiro atoms. The van der Waals surface area contributed by atoms with Crippen molar-refractivity contribution in [2.75, 3.05) is 19.6 Å². The van der Waals surface area contributed by atoms with Crippen LogP contribution in [-0.2, 0) is 13.1 Å². The molecule has 0 bridgehead atoms. The quantitative estimate of drug-likeness (QED) is 0.566. The SMILES string of the molecule is CCCCN(CCCC)Cc1cccc(CNCCC)c1. The second kappa shape index (κ2) is 11.8. The van der Waals surface area contributed by atoms with Gasteiger partial charge in [0.05, 0.1) is 0 Å². The van der Waals surface area contributed by atoms with Crippen molar-refractivity contribution in [1.82, 2.24) is 10.2 Å². The van der Waals surface area contributed by atoms with Crippen LogP contribution >= 0.6 is 0 Å². The Morgan fingerprint density at radius 2 is 1.57 bits per heavy atom. The lowest BCUT2D eigenvalue weighted by Gasteiger charge is -2.22. The molecule has 2 heteroatoms. The molecule has 1 aromatic rings. The molecule has 0 heterocycles. The Balaban J connectivity index is 2.53. The number of hydrogen-bond donors (Lipinski definition) is 1. The lowest BCUT2D eigenvalue weighted by Crippen LogP contribution is -2.25. The van der Waals surface area contributed by atoms with E-state index in [-0.39, 0.29) is 0 Å². The molecule has 0 saturated heterocycles. The Labute approximate surface area is 131 Å². The molecular weight excluding hydrogens is 256 g/mol. The zero-order chi connectivity index (χ0) is 15.3. The number of rotatable bonds is 12. The van der Waals surface area contributed by atoms with Gasteiger partial charge in [-0.2, -0.15) is 0 Å². The highest BCUT2D eigenvalue weighted by molar-refractivity contribution is 5.23. The third-order valence-electron chi connectivity index (χ3n) is 3.81. The maximum Gasteiger partial charge on any atom is 0.0233 e. The maximum atomic E-state index is 3.49. The highest BCUT2D eigenvalue weighted by Gasteiger charge is 2.05. The van der Waals surface area contributed by atoms with Crippen LogP contribution in [0.3, 0.4) is 0 Å². The van der Waals surface area contributed by atoms with Crippen molar-refractivity contribution >= 4 is 0 Å². The highest BCUT2D eigenvalue weighted by Crippen LogP contribution is 2.10. The van der Waals surface area contributed by atoms with E-state index >= 15 is 0 Å². The van der Waals surface area contributed by atoms with Crippen LogP contribution in [0.15, 0.2) is 24.3 Å². The summed E-state index contributed by atoms with van der Waals surface area (Å²) in [5.74, 6) is 0. The van der Waals surface area contributed by atoms with Crippen molar-refractivity contribution in [2.45, 2.75) is 66.0 Å². The number of unbranched alkanes of at least 4 members (excludes halogenated alkanes) is 2. The zero-order valence-electron chi connectivity index (χ0n) is 14.3. The van der Waals surface area contributed by atoms with Crippen molar-refractivity contribution in [2.24, 2.45) is 0 Å². The van der Waals surface area contributed by atoms with Crippen molar-refractivity contribution in [3.05, 3.63) is 35.4 Å². The van der Waals surface area contributed by atoms with Gasteiger partial charge in [-0.1, -0.05) is 57.9 Å². The molecule has 1 aromatic carbocycles. The van der Waals surface area contributed by atoms with Crippen LogP contribution in [0.5, 0.6) is 0 Å². The molecule has 0 aromatic heterocycles. The maximum absolute atomic E-state index is 3.49. The Morgan fingerprint density at radius 1 is 0.905 bits per heavy atom. The van der Waals surface area contributed by atoms with E-state index in [2.05, 4.69) is 55.3 Å². The zero-order valence-corrected chi connectivity index (χ0v) is 14.3. The molecule has 0 atom stereocenters. The summed E-state index contributed by atoms with van der Waals surface area (Å²) in [5.41, 5.74) is 2.87. The van der Waals surface area contributed by atoms with E-state index in [0.717, 1.165) is 19.6 Å². The summed E-state index contributed by atoms with van der Waals surface area (Å²) in [7, 11) is 0. The van der Waals surface area contributed by atoms with E-state index in [1.807, 2.05) is 0 Å². The van der Waals surface area contributed by atoms with Gasteiger partial charge in [-0.3, -0.25) is 4.90 Å². The summed E-state index contributed by atoms with van der Waals surface area (Å²) in [5, 5.41) is 3.49. The smallest absolute Gasteiger partial charge is 0.0233 e. The van der Waals surface area contributed by atoms with Crippen LogP contribution in [-0.4, -0.2) is 24.5 Å². The minimum absolute atomic E-state index is 0.992. The number of nitrogens with zero attached hydrogens (tertiary/aromatic N) is 1. The summed E-state index contributed by atoms with van der Waals surface area (Å²) in [6, 6.07) is 9.08. The molecule has 0 radical (unpaired) electrons. The van der Waals surface area contributed by atoms with Crippen LogP contribution in [0.1, 0.15) is 64.0 Å². The van der Waals surface area contributed by atoms with Gasteiger partial charge in [0.25, 0.3) is 0 Å². The second-order valence-electron chi connectivity index (χ2n) is 5.98. The first kappa shape index (κ1) is 18.2. The lowest BCUT2D eigenvalue weighted by molar-refractivity contribution is 0.257. The van der Waals surface area contributed by atoms with Gasteiger partial charge in [0.1, 0.15) is 0 Å². The van der Waals surface area contributed by atoms with Crippen LogP contribution in [0.2, 0.25) is 0 Å². The summed E-state index contributed by atoms with van der Waals surface area (Å²) in [6.07, 6.45) is 6.37. The molecule has 120 valence electrons. The van der Waals surface area contributed by atoms with Gasteiger partial charge in [-0.15, -0.1) is 0 Å². The molecule has 0 aliphatic heterocycles. The normalized spacial score (nSPS) is 11.2. The molecule has 0 unspecified atom stereocenters. The first-order chi connectivity index (χ1) is 10.3. The van der Waals surface area contributed by atoms with Gasteiger partial charge < -0.3 is 5.32 Å². The van der Waals surface area contributed by atoms with E-state index in [4.69, 9.17) is 0 Å². The summed E-state index contributed by atoms with van der Waals surface area (Å²) in [6.45, 7) is 12.4. The molecule has 0 fully saturated rings. The van der Waals surface area contributed by atoms with Gasteiger partial charge in [-0.25, -0.2) is 0 Å². The third kappa shape index (κ3) is 8.23. The van der Waals surface area contributed by atoms with Gasteiger partial charge in [0.2, 0.25) is 0 Å². The van der Waals surface area contributed by atoms with Gasteiger partial charge in [0, 0.05) is 13.1 Å². The Bertz CT molecular complexity index is 354. The average Bonchev–Trinajstić information content (AvgIpc) is 2.50. The monoisotopic (exact) mass is 290 g/mol. The number of nitrogens with one attached hydrogen (secondary N) is 1. The van der Waals surface area contributed by atoms with Crippen molar-refractivity contribution in [1.29, 1.82) is 0 Å². The van der Waals surface area contributed by atoms with Crippen LogP contribution < -0.4 is 5.32 Å².